The minimum absolute atomic E-state index is 0.0297. The molecule has 0 saturated carbocycles. The molecule has 0 aliphatic rings. The number of rotatable bonds is 4. The molecule has 0 heterocycles. The Hall–Kier alpha value is -2.00. The zero-order chi connectivity index (χ0) is 13.8. The first kappa shape index (κ1) is 13.4. The molecule has 0 unspecified atom stereocenters. The van der Waals surface area contributed by atoms with E-state index in [4.69, 9.17) is 21.4 Å². The lowest BCUT2D eigenvalue weighted by molar-refractivity contribution is -0.136. The van der Waals surface area contributed by atoms with E-state index in [1.807, 2.05) is 30.3 Å². The molecule has 3 nitrogen and oxygen atoms in total. The molecule has 0 atom stereocenters. The number of ether oxygens (including phenoxy) is 1. The highest BCUT2D eigenvalue weighted by Gasteiger charge is 2.07. The van der Waals surface area contributed by atoms with Crippen LogP contribution >= 0.6 is 11.6 Å². The Morgan fingerprint density at radius 3 is 2.68 bits per heavy atom. The van der Waals surface area contributed by atoms with Crippen molar-refractivity contribution < 1.29 is 14.6 Å². The first-order valence-electron chi connectivity index (χ1n) is 5.75. The number of carboxylic acids is 1. The van der Waals surface area contributed by atoms with E-state index in [0.717, 1.165) is 16.9 Å². The highest BCUT2D eigenvalue weighted by atomic mass is 35.5. The molecule has 0 fully saturated rings. The van der Waals surface area contributed by atoms with E-state index in [1.165, 1.54) is 0 Å². The van der Waals surface area contributed by atoms with Crippen LogP contribution in [0.1, 0.15) is 5.56 Å². The topological polar surface area (TPSA) is 46.5 Å². The highest BCUT2D eigenvalue weighted by Crippen LogP contribution is 2.30. The fraction of sp³-hybridized carbons (Fsp3) is 0.133. The zero-order valence-electron chi connectivity index (χ0n) is 10.4. The smallest absolute Gasteiger partial charge is 0.307 e. The highest BCUT2D eigenvalue weighted by molar-refractivity contribution is 6.33. The minimum Gasteiger partial charge on any atom is -0.497 e. The number of hydrogen-bond donors (Lipinski definition) is 1. The Balaban J connectivity index is 2.37. The average Bonchev–Trinajstić information content (AvgIpc) is 2.38. The van der Waals surface area contributed by atoms with E-state index in [0.29, 0.717) is 10.6 Å². The number of carboxylic acid groups (broad SMARTS) is 1. The molecule has 0 saturated heterocycles. The predicted octanol–water partition coefficient (Wildman–Crippen LogP) is 3.64. The third-order valence-electron chi connectivity index (χ3n) is 2.77. The van der Waals surface area contributed by atoms with Gasteiger partial charge in [-0.1, -0.05) is 35.9 Å². The monoisotopic (exact) mass is 276 g/mol. The molecule has 2 rings (SSSR count). The number of hydrogen-bond acceptors (Lipinski definition) is 2. The molecule has 0 spiro atoms. The molecule has 19 heavy (non-hydrogen) atoms. The van der Waals surface area contributed by atoms with E-state index in [2.05, 4.69) is 0 Å². The maximum atomic E-state index is 10.7. The van der Waals surface area contributed by atoms with Gasteiger partial charge in [-0.3, -0.25) is 4.79 Å². The lowest BCUT2D eigenvalue weighted by Crippen LogP contribution is -1.99. The van der Waals surface area contributed by atoms with Crippen LogP contribution in [-0.2, 0) is 11.2 Å². The molecule has 98 valence electrons. The summed E-state index contributed by atoms with van der Waals surface area (Å²) in [7, 11) is 1.61. The summed E-state index contributed by atoms with van der Waals surface area (Å²) in [5.74, 6) is -0.117. The van der Waals surface area contributed by atoms with Crippen molar-refractivity contribution in [3.8, 4) is 16.9 Å². The molecule has 0 aliphatic heterocycles. The lowest BCUT2D eigenvalue weighted by atomic mass is 10.0. The van der Waals surface area contributed by atoms with Gasteiger partial charge in [0.15, 0.2) is 0 Å². The van der Waals surface area contributed by atoms with Gasteiger partial charge in [0, 0.05) is 10.6 Å². The summed E-state index contributed by atoms with van der Waals surface area (Å²) >= 11 is 6.21. The Labute approximate surface area is 116 Å². The van der Waals surface area contributed by atoms with E-state index >= 15 is 0 Å². The molecule has 0 aromatic heterocycles. The Morgan fingerprint density at radius 1 is 1.26 bits per heavy atom. The molecule has 0 aliphatic carbocycles. The van der Waals surface area contributed by atoms with E-state index in [9.17, 15) is 4.79 Å². The summed E-state index contributed by atoms with van der Waals surface area (Å²) in [5, 5.41) is 9.29. The molecule has 2 aromatic carbocycles. The van der Waals surface area contributed by atoms with Gasteiger partial charge in [0.05, 0.1) is 13.5 Å². The van der Waals surface area contributed by atoms with Crippen LogP contribution in [-0.4, -0.2) is 18.2 Å². The fourth-order valence-electron chi connectivity index (χ4n) is 1.87. The van der Waals surface area contributed by atoms with Crippen molar-refractivity contribution in [3.63, 3.8) is 0 Å². The van der Waals surface area contributed by atoms with Crippen molar-refractivity contribution in [2.45, 2.75) is 6.42 Å². The maximum Gasteiger partial charge on any atom is 0.307 e. The molecule has 1 N–H and O–H groups in total. The summed E-state index contributed by atoms with van der Waals surface area (Å²) in [6.07, 6.45) is -0.0297. The predicted molar refractivity (Wildman–Crippen MR) is 74.8 cm³/mol. The average molecular weight is 277 g/mol. The fourth-order valence-corrected chi connectivity index (χ4v) is 2.18. The minimum atomic E-state index is -0.870. The van der Waals surface area contributed by atoms with Gasteiger partial charge in [0.1, 0.15) is 5.75 Å². The van der Waals surface area contributed by atoms with E-state index in [-0.39, 0.29) is 6.42 Å². The second kappa shape index (κ2) is 5.76. The van der Waals surface area contributed by atoms with Crippen LogP contribution in [0.25, 0.3) is 11.1 Å². The van der Waals surface area contributed by atoms with Crippen molar-refractivity contribution in [2.75, 3.05) is 7.11 Å². The van der Waals surface area contributed by atoms with Gasteiger partial charge in [-0.15, -0.1) is 0 Å². The normalized spacial score (nSPS) is 10.2. The summed E-state index contributed by atoms with van der Waals surface area (Å²) < 4.78 is 5.17. The number of carbonyl (C=O) groups is 1. The second-order valence-electron chi connectivity index (χ2n) is 4.12. The van der Waals surface area contributed by atoms with Crippen molar-refractivity contribution in [1.82, 2.24) is 0 Å². The van der Waals surface area contributed by atoms with Crippen molar-refractivity contribution in [2.24, 2.45) is 0 Å². The third kappa shape index (κ3) is 3.26. The zero-order valence-corrected chi connectivity index (χ0v) is 11.1. The van der Waals surface area contributed by atoms with Crippen molar-refractivity contribution in [3.05, 3.63) is 53.1 Å². The van der Waals surface area contributed by atoms with Gasteiger partial charge in [-0.05, 0) is 29.3 Å². The molecule has 2 aromatic rings. The van der Waals surface area contributed by atoms with Crippen LogP contribution in [0.15, 0.2) is 42.5 Å². The molecular weight excluding hydrogens is 264 g/mol. The molecule has 4 heteroatoms. The second-order valence-corrected chi connectivity index (χ2v) is 4.52. The molecule has 0 bridgehead atoms. The largest absolute Gasteiger partial charge is 0.497 e. The van der Waals surface area contributed by atoms with Crippen LogP contribution in [0.2, 0.25) is 5.02 Å². The Morgan fingerprint density at radius 2 is 2.05 bits per heavy atom. The number of aliphatic carboxylic acids is 1. The quantitative estimate of drug-likeness (QED) is 0.927. The van der Waals surface area contributed by atoms with Crippen LogP contribution in [0.3, 0.4) is 0 Å². The van der Waals surface area contributed by atoms with Gasteiger partial charge < -0.3 is 9.84 Å². The van der Waals surface area contributed by atoms with E-state index < -0.39 is 5.97 Å². The third-order valence-corrected chi connectivity index (χ3v) is 3.08. The first-order chi connectivity index (χ1) is 9.10. The van der Waals surface area contributed by atoms with Gasteiger partial charge in [0.25, 0.3) is 0 Å². The number of methoxy groups -OCH3 is 1. The van der Waals surface area contributed by atoms with Gasteiger partial charge in [0.2, 0.25) is 0 Å². The SMILES string of the molecule is COc1cccc(-c2ccc(CC(=O)O)cc2Cl)c1. The summed E-state index contributed by atoms with van der Waals surface area (Å²) in [4.78, 5) is 10.7. The molecule has 0 amide bonds. The lowest BCUT2D eigenvalue weighted by Gasteiger charge is -2.08. The first-order valence-corrected chi connectivity index (χ1v) is 6.12. The van der Waals surface area contributed by atoms with Gasteiger partial charge >= 0.3 is 5.97 Å². The standard InChI is InChI=1S/C15H13ClO3/c1-19-12-4-2-3-11(9-12)13-6-5-10(7-14(13)16)8-15(17)18/h2-7,9H,8H2,1H3,(H,17,18). The van der Waals surface area contributed by atoms with Gasteiger partial charge in [-0.2, -0.15) is 0 Å². The molecule has 0 radical (unpaired) electrons. The summed E-state index contributed by atoms with van der Waals surface area (Å²) in [5.41, 5.74) is 2.48. The van der Waals surface area contributed by atoms with Crippen molar-refractivity contribution >= 4 is 17.6 Å². The van der Waals surface area contributed by atoms with Crippen molar-refractivity contribution in [1.29, 1.82) is 0 Å². The summed E-state index contributed by atoms with van der Waals surface area (Å²) in [6, 6.07) is 12.8. The van der Waals surface area contributed by atoms with E-state index in [1.54, 1.807) is 19.2 Å². The maximum absolute atomic E-state index is 10.7. The van der Waals surface area contributed by atoms with Gasteiger partial charge in [-0.25, -0.2) is 0 Å². The van der Waals surface area contributed by atoms with Crippen LogP contribution < -0.4 is 4.74 Å². The number of halogens is 1. The Kier molecular flexibility index (Phi) is 4.07. The molecular formula is C15H13ClO3. The van der Waals surface area contributed by atoms with Crippen LogP contribution in [0.5, 0.6) is 5.75 Å². The van der Waals surface area contributed by atoms with Crippen LogP contribution in [0, 0.1) is 0 Å². The Bertz CT molecular complexity index is 608. The van der Waals surface area contributed by atoms with Crippen LogP contribution in [0.4, 0.5) is 0 Å². The number of benzene rings is 2. The summed E-state index contributed by atoms with van der Waals surface area (Å²) in [6.45, 7) is 0.